The molecule has 0 aliphatic carbocycles. The number of carbonyl (C=O) groups excluding carboxylic acids is 2. The molecule has 6 nitrogen and oxygen atoms in total. The predicted molar refractivity (Wildman–Crippen MR) is 236 cm³/mol. The summed E-state index contributed by atoms with van der Waals surface area (Å²) in [6.07, 6.45) is 51.4. The molecule has 3 N–H and O–H groups in total. The first-order valence-corrected chi connectivity index (χ1v) is 23.1. The topological polar surface area (TPSA) is 95.9 Å². The van der Waals surface area contributed by atoms with Crippen LogP contribution in [0.2, 0.25) is 0 Å². The second kappa shape index (κ2) is 42.7. The fourth-order valence-electron chi connectivity index (χ4n) is 6.67. The molecule has 0 heterocycles. The highest BCUT2D eigenvalue weighted by Crippen LogP contribution is 2.16. The van der Waals surface area contributed by atoms with Crippen LogP contribution < -0.4 is 5.32 Å². The van der Waals surface area contributed by atoms with Crippen LogP contribution >= 0.6 is 0 Å². The fraction of sp³-hybridized carbons (Fsp3) is 0.755. The van der Waals surface area contributed by atoms with Gasteiger partial charge in [-0.2, -0.15) is 0 Å². The van der Waals surface area contributed by atoms with Crippen molar-refractivity contribution in [2.75, 3.05) is 6.61 Å². The van der Waals surface area contributed by atoms with Gasteiger partial charge in [-0.05, 0) is 70.6 Å². The van der Waals surface area contributed by atoms with Crippen LogP contribution in [0.4, 0.5) is 0 Å². The third-order valence-electron chi connectivity index (χ3n) is 10.2. The maximum Gasteiger partial charge on any atom is 0.306 e. The van der Waals surface area contributed by atoms with Crippen molar-refractivity contribution >= 4 is 11.9 Å². The molecule has 0 spiro atoms. The van der Waals surface area contributed by atoms with Crippen LogP contribution in [0.15, 0.2) is 60.8 Å². The molecule has 3 unspecified atom stereocenters. The average molecular weight is 770 g/mol. The van der Waals surface area contributed by atoms with Crippen LogP contribution in [0.5, 0.6) is 0 Å². The van der Waals surface area contributed by atoms with Crippen molar-refractivity contribution in [1.29, 1.82) is 0 Å². The van der Waals surface area contributed by atoms with Crippen molar-refractivity contribution in [3.8, 4) is 0 Å². The molecular weight excluding hydrogens is 683 g/mol. The van der Waals surface area contributed by atoms with E-state index in [1.807, 2.05) is 30.4 Å². The summed E-state index contributed by atoms with van der Waals surface area (Å²) in [6.45, 7) is 6.29. The van der Waals surface area contributed by atoms with Crippen LogP contribution in [0.1, 0.15) is 213 Å². The van der Waals surface area contributed by atoms with Gasteiger partial charge >= 0.3 is 5.97 Å². The Hall–Kier alpha value is -2.44. The molecule has 0 aromatic rings. The second-order valence-corrected chi connectivity index (χ2v) is 15.5. The molecule has 318 valence electrons. The Morgan fingerprint density at radius 2 is 1.00 bits per heavy atom. The first-order valence-electron chi connectivity index (χ1n) is 23.1. The van der Waals surface area contributed by atoms with E-state index in [0.717, 1.165) is 83.5 Å². The number of hydrogen-bond acceptors (Lipinski definition) is 5. The van der Waals surface area contributed by atoms with Gasteiger partial charge in [0.1, 0.15) is 6.10 Å². The Kier molecular flexibility index (Phi) is 40.8. The van der Waals surface area contributed by atoms with Gasteiger partial charge in [0.05, 0.1) is 25.2 Å². The second-order valence-electron chi connectivity index (χ2n) is 15.5. The lowest BCUT2D eigenvalue weighted by Gasteiger charge is -2.24. The van der Waals surface area contributed by atoms with E-state index in [9.17, 15) is 19.8 Å². The molecule has 0 bridgehead atoms. The van der Waals surface area contributed by atoms with E-state index < -0.39 is 18.2 Å². The highest BCUT2D eigenvalue weighted by atomic mass is 16.5. The molecule has 3 atom stereocenters. The quantitative estimate of drug-likeness (QED) is 0.0250. The lowest BCUT2D eigenvalue weighted by atomic mass is 10.0. The Bertz CT molecular complexity index is 999. The summed E-state index contributed by atoms with van der Waals surface area (Å²) >= 11 is 0. The largest absolute Gasteiger partial charge is 0.462 e. The van der Waals surface area contributed by atoms with Crippen LogP contribution in [-0.4, -0.2) is 46.9 Å². The van der Waals surface area contributed by atoms with Crippen molar-refractivity contribution in [3.05, 3.63) is 60.8 Å². The van der Waals surface area contributed by atoms with Gasteiger partial charge in [-0.3, -0.25) is 9.59 Å². The number of hydrogen-bond donors (Lipinski definition) is 3. The summed E-state index contributed by atoms with van der Waals surface area (Å²) in [4.78, 5) is 26.0. The van der Waals surface area contributed by atoms with Crippen molar-refractivity contribution in [2.45, 2.75) is 232 Å². The Balaban J connectivity index is 4.70. The third-order valence-corrected chi connectivity index (χ3v) is 10.2. The zero-order valence-electron chi connectivity index (χ0n) is 36.0. The number of aliphatic hydroxyl groups is 2. The molecule has 55 heavy (non-hydrogen) atoms. The van der Waals surface area contributed by atoms with Crippen LogP contribution in [0.3, 0.4) is 0 Å². The number of esters is 1. The third kappa shape index (κ3) is 38.2. The van der Waals surface area contributed by atoms with E-state index in [-0.39, 0.29) is 24.9 Å². The monoisotopic (exact) mass is 770 g/mol. The lowest BCUT2D eigenvalue weighted by Crippen LogP contribution is -2.46. The molecule has 0 radical (unpaired) electrons. The summed E-state index contributed by atoms with van der Waals surface area (Å²) < 4.78 is 5.88. The summed E-state index contributed by atoms with van der Waals surface area (Å²) in [5.41, 5.74) is 0. The fourth-order valence-corrected chi connectivity index (χ4v) is 6.67. The maximum absolute atomic E-state index is 13.1. The molecule has 0 saturated carbocycles. The minimum Gasteiger partial charge on any atom is -0.462 e. The number of aliphatic hydroxyl groups excluding tert-OH is 2. The number of nitrogens with one attached hydrogen (secondary N) is 1. The predicted octanol–water partition coefficient (Wildman–Crippen LogP) is 13.3. The van der Waals surface area contributed by atoms with E-state index >= 15 is 0 Å². The van der Waals surface area contributed by atoms with Gasteiger partial charge in [0, 0.05) is 6.42 Å². The Morgan fingerprint density at radius 3 is 1.56 bits per heavy atom. The number of unbranched alkanes of at least 4 members (excludes halogenated alkanes) is 21. The molecule has 0 rings (SSSR count). The van der Waals surface area contributed by atoms with E-state index in [1.54, 1.807) is 0 Å². The summed E-state index contributed by atoms with van der Waals surface area (Å²) in [6, 6.07) is -0.716. The summed E-state index contributed by atoms with van der Waals surface area (Å²) in [5, 5.41) is 23.6. The van der Waals surface area contributed by atoms with Crippen molar-refractivity contribution in [3.63, 3.8) is 0 Å². The van der Waals surface area contributed by atoms with Crippen molar-refractivity contribution in [1.82, 2.24) is 5.32 Å². The highest BCUT2D eigenvalue weighted by Gasteiger charge is 2.24. The molecule has 0 aromatic carbocycles. The SMILES string of the molecule is CC/C=C/C=C/C=C/C=C\CCCCCC(CC(=O)NC(CO)C(O)CCCCCCCCCCC)OC(=O)CCCCC/C=C\CCCCCCCCC. The Labute approximate surface area is 339 Å². The van der Waals surface area contributed by atoms with Crippen LogP contribution in [0.25, 0.3) is 0 Å². The molecule has 0 aliphatic heterocycles. The Morgan fingerprint density at radius 1 is 0.545 bits per heavy atom. The smallest absolute Gasteiger partial charge is 0.306 e. The summed E-state index contributed by atoms with van der Waals surface area (Å²) in [7, 11) is 0. The summed E-state index contributed by atoms with van der Waals surface area (Å²) in [5.74, 6) is -0.537. The van der Waals surface area contributed by atoms with Gasteiger partial charge < -0.3 is 20.3 Å². The van der Waals surface area contributed by atoms with E-state index in [1.165, 1.54) is 83.5 Å². The van der Waals surface area contributed by atoms with Gasteiger partial charge in [0.25, 0.3) is 0 Å². The van der Waals surface area contributed by atoms with Gasteiger partial charge in [-0.25, -0.2) is 0 Å². The number of carbonyl (C=O) groups is 2. The minimum absolute atomic E-state index is 0.0438. The van der Waals surface area contributed by atoms with Gasteiger partial charge in [-0.1, -0.05) is 191 Å². The average Bonchev–Trinajstić information content (AvgIpc) is 3.18. The molecule has 0 saturated heterocycles. The van der Waals surface area contributed by atoms with Crippen LogP contribution in [-0.2, 0) is 14.3 Å². The van der Waals surface area contributed by atoms with Crippen molar-refractivity contribution < 1.29 is 24.5 Å². The standard InChI is InChI=1S/C49H87NO5/c1-4-7-10-13-16-19-21-23-25-27-30-33-36-39-42-49(54)55-45(40-37-34-31-29-26-24-22-20-17-14-11-8-5-2)43-48(53)50-46(44-51)47(52)41-38-35-32-28-18-15-12-9-6-3/h8,11,14,17,20,22,24-27,45-47,51-52H,4-7,9-10,12-13,15-16,18-19,21,23,28-44H2,1-3H3,(H,50,53)/b11-8+,17-14+,22-20+,26-24-,27-25-. The van der Waals surface area contributed by atoms with Gasteiger partial charge in [-0.15, -0.1) is 0 Å². The minimum atomic E-state index is -0.800. The normalized spacial score (nSPS) is 13.9. The molecule has 0 aromatic heterocycles. The zero-order chi connectivity index (χ0) is 40.3. The van der Waals surface area contributed by atoms with Crippen molar-refractivity contribution in [2.24, 2.45) is 0 Å². The maximum atomic E-state index is 13.1. The van der Waals surface area contributed by atoms with E-state index in [4.69, 9.17) is 4.74 Å². The number of rotatable bonds is 40. The number of ether oxygens (including phenoxy) is 1. The van der Waals surface area contributed by atoms with E-state index in [0.29, 0.717) is 19.3 Å². The molecule has 6 heteroatoms. The first kappa shape index (κ1) is 52.6. The highest BCUT2D eigenvalue weighted by molar-refractivity contribution is 5.77. The molecular formula is C49H87NO5. The zero-order valence-corrected chi connectivity index (χ0v) is 36.0. The van der Waals surface area contributed by atoms with Crippen LogP contribution in [0, 0.1) is 0 Å². The first-order chi connectivity index (χ1) is 27.0. The van der Waals surface area contributed by atoms with Gasteiger partial charge in [0.15, 0.2) is 0 Å². The number of amides is 1. The lowest BCUT2D eigenvalue weighted by molar-refractivity contribution is -0.151. The van der Waals surface area contributed by atoms with Gasteiger partial charge in [0.2, 0.25) is 5.91 Å². The van der Waals surface area contributed by atoms with E-state index in [2.05, 4.69) is 56.5 Å². The molecule has 0 fully saturated rings. The molecule has 0 aliphatic rings. The molecule has 1 amide bonds. The number of allylic oxidation sites excluding steroid dienone is 10.